The lowest BCUT2D eigenvalue weighted by molar-refractivity contribution is -0.136. The van der Waals surface area contributed by atoms with Gasteiger partial charge in [0.1, 0.15) is 11.7 Å². The summed E-state index contributed by atoms with van der Waals surface area (Å²) in [6.45, 7) is 0.825. The van der Waals surface area contributed by atoms with Gasteiger partial charge in [-0.05, 0) is 35.6 Å². The van der Waals surface area contributed by atoms with E-state index in [4.69, 9.17) is 17.2 Å². The fourth-order valence-corrected chi connectivity index (χ4v) is 2.81. The molecule has 2 aromatic rings. The van der Waals surface area contributed by atoms with Crippen LogP contribution < -0.4 is 17.2 Å². The van der Waals surface area contributed by atoms with Gasteiger partial charge in [0.2, 0.25) is 11.8 Å². The number of aromatic nitrogens is 1. The topological polar surface area (TPSA) is 128 Å². The van der Waals surface area contributed by atoms with Gasteiger partial charge in [0, 0.05) is 30.4 Å². The quantitative estimate of drug-likeness (QED) is 0.552. The minimum absolute atomic E-state index is 0.244. The number of nitrogen functional groups attached to an aromatic ring is 2. The molecular formula is C15H17N5O2. The lowest BCUT2D eigenvalue weighted by Crippen LogP contribution is -2.33. The van der Waals surface area contributed by atoms with Gasteiger partial charge in [-0.15, -0.1) is 0 Å². The highest BCUT2D eigenvalue weighted by molar-refractivity contribution is 6.01. The molecule has 6 N–H and O–H groups in total. The van der Waals surface area contributed by atoms with E-state index >= 15 is 0 Å². The van der Waals surface area contributed by atoms with E-state index in [-0.39, 0.29) is 5.91 Å². The van der Waals surface area contributed by atoms with Gasteiger partial charge in [-0.25, -0.2) is 4.98 Å². The lowest BCUT2D eigenvalue weighted by Gasteiger charge is -2.18. The number of rotatable bonds is 3. The Morgan fingerprint density at radius 3 is 2.82 bits per heavy atom. The summed E-state index contributed by atoms with van der Waals surface area (Å²) in [5.74, 6) is -1.13. The summed E-state index contributed by atoms with van der Waals surface area (Å²) < 4.78 is 0. The summed E-state index contributed by atoms with van der Waals surface area (Å²) in [7, 11) is 0. The zero-order chi connectivity index (χ0) is 15.9. The SMILES string of the molecule is NC(=O)[C@@H]1CCN(Cc2cc3c(N)nccc3cc2N)C1=O. The standard InChI is InChI=1S/C15H17N5O2/c16-12-6-8-1-3-19-13(17)11(8)5-9(12)7-20-4-2-10(14(18)21)15(20)22/h1,3,5-6,10H,2,4,7,16H2,(H2,17,19)(H2,18,21)/t10-/m0/s1. The first-order valence-electron chi connectivity index (χ1n) is 6.98. The second kappa shape index (κ2) is 5.18. The second-order valence-electron chi connectivity index (χ2n) is 5.47. The van der Waals surface area contributed by atoms with Gasteiger partial charge in [0.15, 0.2) is 0 Å². The first-order valence-corrected chi connectivity index (χ1v) is 6.98. The molecule has 1 aliphatic rings. The van der Waals surface area contributed by atoms with Crippen LogP contribution in [-0.4, -0.2) is 28.2 Å². The minimum atomic E-state index is -0.728. The maximum absolute atomic E-state index is 12.1. The molecule has 2 amide bonds. The molecule has 1 aliphatic heterocycles. The zero-order valence-electron chi connectivity index (χ0n) is 12.0. The minimum Gasteiger partial charge on any atom is -0.398 e. The molecule has 7 heteroatoms. The van der Waals surface area contributed by atoms with Gasteiger partial charge in [-0.3, -0.25) is 9.59 Å². The first-order chi connectivity index (χ1) is 10.5. The van der Waals surface area contributed by atoms with Gasteiger partial charge in [-0.1, -0.05) is 0 Å². The van der Waals surface area contributed by atoms with Crippen LogP contribution in [0.15, 0.2) is 24.4 Å². The van der Waals surface area contributed by atoms with Crippen LogP contribution in [-0.2, 0) is 16.1 Å². The number of carbonyl (C=O) groups is 2. The summed E-state index contributed by atoms with van der Waals surface area (Å²) in [5, 5.41) is 1.70. The third-order valence-corrected chi connectivity index (χ3v) is 4.06. The Morgan fingerprint density at radius 2 is 2.14 bits per heavy atom. The van der Waals surface area contributed by atoms with Crippen molar-refractivity contribution >= 4 is 34.1 Å². The van der Waals surface area contributed by atoms with Crippen LogP contribution in [0.3, 0.4) is 0 Å². The van der Waals surface area contributed by atoms with Crippen molar-refractivity contribution in [1.82, 2.24) is 9.88 Å². The molecule has 0 spiro atoms. The van der Waals surface area contributed by atoms with Crippen molar-refractivity contribution in [3.63, 3.8) is 0 Å². The van der Waals surface area contributed by atoms with Crippen LogP contribution in [0.4, 0.5) is 11.5 Å². The largest absolute Gasteiger partial charge is 0.398 e. The summed E-state index contributed by atoms with van der Waals surface area (Å²) in [4.78, 5) is 29.0. The van der Waals surface area contributed by atoms with Crippen molar-refractivity contribution in [2.45, 2.75) is 13.0 Å². The van der Waals surface area contributed by atoms with Crippen molar-refractivity contribution in [3.05, 3.63) is 30.0 Å². The maximum Gasteiger partial charge on any atom is 0.235 e. The molecule has 0 aliphatic carbocycles. The van der Waals surface area contributed by atoms with Crippen molar-refractivity contribution in [1.29, 1.82) is 0 Å². The van der Waals surface area contributed by atoms with E-state index in [0.29, 0.717) is 31.0 Å². The average molecular weight is 299 g/mol. The van der Waals surface area contributed by atoms with Gasteiger partial charge in [0.05, 0.1) is 0 Å². The molecule has 22 heavy (non-hydrogen) atoms. The Kier molecular flexibility index (Phi) is 3.32. The monoisotopic (exact) mass is 299 g/mol. The van der Waals surface area contributed by atoms with Crippen LogP contribution >= 0.6 is 0 Å². The predicted octanol–water partition coefficient (Wildman–Crippen LogP) is 0.233. The van der Waals surface area contributed by atoms with E-state index in [9.17, 15) is 9.59 Å². The van der Waals surface area contributed by atoms with Crippen LogP contribution in [0.1, 0.15) is 12.0 Å². The molecule has 1 atom stereocenters. The molecule has 3 rings (SSSR count). The molecule has 0 bridgehead atoms. The number of nitrogens with zero attached hydrogens (tertiary/aromatic N) is 2. The number of hydrogen-bond acceptors (Lipinski definition) is 5. The summed E-state index contributed by atoms with van der Waals surface area (Å²) >= 11 is 0. The van der Waals surface area contributed by atoms with E-state index in [1.807, 2.05) is 18.2 Å². The van der Waals surface area contributed by atoms with Crippen molar-refractivity contribution in [2.24, 2.45) is 11.7 Å². The molecule has 1 saturated heterocycles. The average Bonchev–Trinajstić information content (AvgIpc) is 2.82. The number of pyridine rings is 1. The highest BCUT2D eigenvalue weighted by Crippen LogP contribution is 2.28. The molecule has 1 fully saturated rings. The molecule has 0 saturated carbocycles. The molecular weight excluding hydrogens is 282 g/mol. The maximum atomic E-state index is 12.1. The third-order valence-electron chi connectivity index (χ3n) is 4.06. The number of hydrogen-bond donors (Lipinski definition) is 3. The Labute approximate surface area is 127 Å². The molecule has 2 heterocycles. The highest BCUT2D eigenvalue weighted by Gasteiger charge is 2.35. The Balaban J connectivity index is 1.91. The van der Waals surface area contributed by atoms with E-state index in [1.54, 1.807) is 11.1 Å². The zero-order valence-corrected chi connectivity index (χ0v) is 12.0. The van der Waals surface area contributed by atoms with Gasteiger partial charge < -0.3 is 22.1 Å². The molecule has 1 aromatic carbocycles. The van der Waals surface area contributed by atoms with E-state index in [1.165, 1.54) is 0 Å². The van der Waals surface area contributed by atoms with Crippen molar-refractivity contribution < 1.29 is 9.59 Å². The van der Waals surface area contributed by atoms with Crippen LogP contribution in [0.5, 0.6) is 0 Å². The second-order valence-corrected chi connectivity index (χ2v) is 5.47. The molecule has 114 valence electrons. The Bertz CT molecular complexity index is 774. The number of fused-ring (bicyclic) bond motifs is 1. The van der Waals surface area contributed by atoms with Gasteiger partial charge in [0.25, 0.3) is 0 Å². The van der Waals surface area contributed by atoms with Crippen molar-refractivity contribution in [2.75, 3.05) is 18.0 Å². The van der Waals surface area contributed by atoms with Gasteiger partial charge >= 0.3 is 0 Å². The predicted molar refractivity (Wildman–Crippen MR) is 83.3 cm³/mol. The number of benzene rings is 1. The number of nitrogens with two attached hydrogens (primary N) is 3. The van der Waals surface area contributed by atoms with E-state index in [2.05, 4.69) is 4.98 Å². The summed E-state index contributed by atoms with van der Waals surface area (Å²) in [5.41, 5.74) is 18.5. The molecule has 7 nitrogen and oxygen atoms in total. The number of primary amides is 1. The van der Waals surface area contributed by atoms with Crippen LogP contribution in [0.2, 0.25) is 0 Å². The normalized spacial score (nSPS) is 18.1. The van der Waals surface area contributed by atoms with E-state index in [0.717, 1.165) is 16.3 Å². The molecule has 0 radical (unpaired) electrons. The number of carbonyl (C=O) groups excluding carboxylic acids is 2. The molecule has 1 aromatic heterocycles. The summed E-state index contributed by atoms with van der Waals surface area (Å²) in [6, 6.07) is 5.49. The van der Waals surface area contributed by atoms with Crippen LogP contribution in [0.25, 0.3) is 10.8 Å². The van der Waals surface area contributed by atoms with Gasteiger partial charge in [-0.2, -0.15) is 0 Å². The Hall–Kier alpha value is -2.83. The van der Waals surface area contributed by atoms with Crippen molar-refractivity contribution in [3.8, 4) is 0 Å². The summed E-state index contributed by atoms with van der Waals surface area (Å²) in [6.07, 6.45) is 2.07. The number of likely N-dealkylation sites (tertiary alicyclic amines) is 1. The fraction of sp³-hybridized carbons (Fsp3) is 0.267. The lowest BCUT2D eigenvalue weighted by atomic mass is 10.1. The van der Waals surface area contributed by atoms with E-state index < -0.39 is 11.8 Å². The highest BCUT2D eigenvalue weighted by atomic mass is 16.2. The number of anilines is 2. The first kappa shape index (κ1) is 14.1. The smallest absolute Gasteiger partial charge is 0.235 e. The van der Waals surface area contributed by atoms with Crippen LogP contribution in [0, 0.1) is 5.92 Å². The molecule has 0 unspecified atom stereocenters. The fourth-order valence-electron chi connectivity index (χ4n) is 2.81. The Morgan fingerprint density at radius 1 is 1.36 bits per heavy atom. The third kappa shape index (κ3) is 2.30. The number of amides is 2.